The number of hydrogen-bond donors (Lipinski definition) is 1. The lowest BCUT2D eigenvalue weighted by Gasteiger charge is -2.18. The molecule has 1 N–H and O–H groups in total. The second-order valence-corrected chi connectivity index (χ2v) is 6.93. The van der Waals surface area contributed by atoms with Crippen molar-refractivity contribution in [1.82, 2.24) is 15.2 Å². The molecule has 0 atom stereocenters. The summed E-state index contributed by atoms with van der Waals surface area (Å²) < 4.78 is 10.6. The highest BCUT2D eigenvalue weighted by Gasteiger charge is 2.09. The zero-order valence-corrected chi connectivity index (χ0v) is 17.1. The van der Waals surface area contributed by atoms with Crippen molar-refractivity contribution in [1.29, 1.82) is 0 Å². The largest absolute Gasteiger partial charge is 0.493 e. The van der Waals surface area contributed by atoms with Crippen LogP contribution in [0.15, 0.2) is 54.6 Å². The van der Waals surface area contributed by atoms with E-state index in [4.69, 9.17) is 9.47 Å². The Morgan fingerprint density at radius 2 is 1.83 bits per heavy atom. The van der Waals surface area contributed by atoms with E-state index in [1.54, 1.807) is 20.3 Å². The number of methoxy groups -OCH3 is 2. The van der Waals surface area contributed by atoms with Crippen LogP contribution in [0.25, 0.3) is 10.9 Å². The van der Waals surface area contributed by atoms with Gasteiger partial charge in [-0.15, -0.1) is 0 Å². The van der Waals surface area contributed by atoms with E-state index in [1.807, 2.05) is 48.5 Å². The van der Waals surface area contributed by atoms with Gasteiger partial charge in [-0.1, -0.05) is 30.3 Å². The molecule has 1 heterocycles. The van der Waals surface area contributed by atoms with Gasteiger partial charge in [0.15, 0.2) is 11.5 Å². The minimum Gasteiger partial charge on any atom is -0.493 e. The van der Waals surface area contributed by atoms with Crippen LogP contribution >= 0.6 is 0 Å². The first-order chi connectivity index (χ1) is 14.1. The number of benzene rings is 2. The summed E-state index contributed by atoms with van der Waals surface area (Å²) in [5.74, 6) is 1.32. The number of carbonyl (C=O) groups excluding carboxylic acids is 1. The van der Waals surface area contributed by atoms with Crippen LogP contribution in [-0.4, -0.2) is 50.1 Å². The van der Waals surface area contributed by atoms with Crippen molar-refractivity contribution in [3.8, 4) is 11.5 Å². The number of fused-ring (bicyclic) bond motifs is 1. The number of ether oxygens (including phenoxy) is 2. The standard InChI is InChI=1S/C23H27N3O3/c1-26(16-17-9-12-21(28-2)22(15-17)29-3)14-6-13-24-23(27)20-11-10-18-7-4-5-8-19(18)25-20/h4-5,7-12,15H,6,13-14,16H2,1-3H3,(H,24,27). The first-order valence-corrected chi connectivity index (χ1v) is 9.64. The van der Waals surface area contributed by atoms with E-state index in [0.29, 0.717) is 12.2 Å². The Morgan fingerprint density at radius 3 is 2.62 bits per heavy atom. The number of carbonyl (C=O) groups is 1. The molecule has 6 nitrogen and oxygen atoms in total. The molecule has 0 unspecified atom stereocenters. The van der Waals surface area contributed by atoms with E-state index in [-0.39, 0.29) is 5.91 Å². The Kier molecular flexibility index (Phi) is 7.03. The average Bonchev–Trinajstić information content (AvgIpc) is 2.76. The van der Waals surface area contributed by atoms with E-state index in [9.17, 15) is 4.79 Å². The SMILES string of the molecule is COc1ccc(CN(C)CCCNC(=O)c2ccc3ccccc3n2)cc1OC. The Labute approximate surface area is 171 Å². The first kappa shape index (κ1) is 20.6. The molecule has 0 bridgehead atoms. The molecule has 6 heteroatoms. The lowest BCUT2D eigenvalue weighted by molar-refractivity contribution is 0.0947. The van der Waals surface area contributed by atoms with Gasteiger partial charge in [0.2, 0.25) is 0 Å². The monoisotopic (exact) mass is 393 g/mol. The molecule has 0 radical (unpaired) electrons. The van der Waals surface area contributed by atoms with Crippen molar-refractivity contribution in [3.05, 3.63) is 65.9 Å². The van der Waals surface area contributed by atoms with E-state index in [0.717, 1.165) is 47.5 Å². The molecule has 0 aliphatic carbocycles. The van der Waals surface area contributed by atoms with Crippen LogP contribution in [-0.2, 0) is 6.54 Å². The molecule has 29 heavy (non-hydrogen) atoms. The zero-order chi connectivity index (χ0) is 20.6. The second kappa shape index (κ2) is 9.89. The summed E-state index contributed by atoms with van der Waals surface area (Å²) in [6.07, 6.45) is 0.850. The van der Waals surface area contributed by atoms with Crippen molar-refractivity contribution in [2.45, 2.75) is 13.0 Å². The summed E-state index contributed by atoms with van der Waals surface area (Å²) in [6, 6.07) is 17.4. The second-order valence-electron chi connectivity index (χ2n) is 6.93. The summed E-state index contributed by atoms with van der Waals surface area (Å²) in [5.41, 5.74) is 2.42. The third-order valence-electron chi connectivity index (χ3n) is 4.73. The molecule has 0 spiro atoms. The summed E-state index contributed by atoms with van der Waals surface area (Å²) in [4.78, 5) is 19.0. The molecule has 3 aromatic rings. The fraction of sp³-hybridized carbons (Fsp3) is 0.304. The first-order valence-electron chi connectivity index (χ1n) is 9.64. The van der Waals surface area contributed by atoms with E-state index >= 15 is 0 Å². The Morgan fingerprint density at radius 1 is 1.03 bits per heavy atom. The Hall–Kier alpha value is -3.12. The molecule has 2 aromatic carbocycles. The van der Waals surface area contributed by atoms with E-state index in [1.165, 1.54) is 0 Å². The third-order valence-corrected chi connectivity index (χ3v) is 4.73. The minimum absolute atomic E-state index is 0.140. The van der Waals surface area contributed by atoms with Gasteiger partial charge < -0.3 is 19.7 Å². The molecule has 3 rings (SSSR count). The molecular weight excluding hydrogens is 366 g/mol. The van der Waals surface area contributed by atoms with Crippen molar-refractivity contribution in [2.75, 3.05) is 34.4 Å². The maximum absolute atomic E-state index is 12.3. The van der Waals surface area contributed by atoms with Gasteiger partial charge in [-0.25, -0.2) is 4.98 Å². The third kappa shape index (κ3) is 5.45. The summed E-state index contributed by atoms with van der Waals surface area (Å²) in [6.45, 7) is 2.25. The number of hydrogen-bond acceptors (Lipinski definition) is 5. The fourth-order valence-electron chi connectivity index (χ4n) is 3.20. The van der Waals surface area contributed by atoms with Crippen molar-refractivity contribution in [3.63, 3.8) is 0 Å². The topological polar surface area (TPSA) is 63.7 Å². The van der Waals surface area contributed by atoms with Crippen LogP contribution in [0.5, 0.6) is 11.5 Å². The smallest absolute Gasteiger partial charge is 0.269 e. The van der Waals surface area contributed by atoms with Crippen molar-refractivity contribution in [2.24, 2.45) is 0 Å². The van der Waals surface area contributed by atoms with Crippen LogP contribution in [0.1, 0.15) is 22.5 Å². The van der Waals surface area contributed by atoms with Crippen LogP contribution < -0.4 is 14.8 Å². The van der Waals surface area contributed by atoms with E-state index < -0.39 is 0 Å². The Bertz CT molecular complexity index is 974. The molecule has 0 aliphatic rings. The van der Waals surface area contributed by atoms with Gasteiger partial charge in [-0.05, 0) is 49.8 Å². The minimum atomic E-state index is -0.140. The lowest BCUT2D eigenvalue weighted by atomic mass is 10.2. The van der Waals surface area contributed by atoms with Gasteiger partial charge in [-0.3, -0.25) is 4.79 Å². The number of para-hydroxylation sites is 1. The fourth-order valence-corrected chi connectivity index (χ4v) is 3.20. The molecule has 1 amide bonds. The molecule has 0 fully saturated rings. The van der Waals surface area contributed by atoms with Gasteiger partial charge in [0.05, 0.1) is 19.7 Å². The van der Waals surface area contributed by atoms with Crippen LogP contribution in [0.4, 0.5) is 0 Å². The average molecular weight is 393 g/mol. The van der Waals surface area contributed by atoms with Gasteiger partial charge in [0.25, 0.3) is 5.91 Å². The quantitative estimate of drug-likeness (QED) is 0.564. The summed E-state index contributed by atoms with van der Waals surface area (Å²) in [5, 5.41) is 3.98. The van der Waals surface area contributed by atoms with Gasteiger partial charge in [-0.2, -0.15) is 0 Å². The molecule has 0 aliphatic heterocycles. The molecule has 0 saturated heterocycles. The number of nitrogens with zero attached hydrogens (tertiary/aromatic N) is 2. The predicted molar refractivity (Wildman–Crippen MR) is 115 cm³/mol. The van der Waals surface area contributed by atoms with Crippen LogP contribution in [0, 0.1) is 0 Å². The number of rotatable bonds is 9. The predicted octanol–water partition coefficient (Wildman–Crippen LogP) is 3.50. The number of aromatic nitrogens is 1. The Balaban J connectivity index is 1.45. The van der Waals surface area contributed by atoms with Gasteiger partial charge >= 0.3 is 0 Å². The van der Waals surface area contributed by atoms with Crippen LogP contribution in [0.2, 0.25) is 0 Å². The van der Waals surface area contributed by atoms with Gasteiger partial charge in [0, 0.05) is 18.5 Å². The molecule has 152 valence electrons. The highest BCUT2D eigenvalue weighted by Crippen LogP contribution is 2.27. The zero-order valence-electron chi connectivity index (χ0n) is 17.1. The van der Waals surface area contributed by atoms with E-state index in [2.05, 4.69) is 22.2 Å². The maximum atomic E-state index is 12.3. The normalized spacial score (nSPS) is 10.9. The molecule has 1 aromatic heterocycles. The summed E-state index contributed by atoms with van der Waals surface area (Å²) in [7, 11) is 5.33. The highest BCUT2D eigenvalue weighted by molar-refractivity contribution is 5.94. The summed E-state index contributed by atoms with van der Waals surface area (Å²) >= 11 is 0. The molecule has 0 saturated carbocycles. The number of pyridine rings is 1. The maximum Gasteiger partial charge on any atom is 0.269 e. The van der Waals surface area contributed by atoms with Crippen LogP contribution in [0.3, 0.4) is 0 Å². The molecular formula is C23H27N3O3. The van der Waals surface area contributed by atoms with Crippen molar-refractivity contribution >= 4 is 16.8 Å². The van der Waals surface area contributed by atoms with Gasteiger partial charge in [0.1, 0.15) is 5.69 Å². The van der Waals surface area contributed by atoms with Crippen molar-refractivity contribution < 1.29 is 14.3 Å². The highest BCUT2D eigenvalue weighted by atomic mass is 16.5. The number of amides is 1. The lowest BCUT2D eigenvalue weighted by Crippen LogP contribution is -2.28. The number of nitrogens with one attached hydrogen (secondary N) is 1.